The maximum absolute atomic E-state index is 9.34. The first-order valence-electron chi connectivity index (χ1n) is 6.09. The third-order valence-corrected chi connectivity index (χ3v) is 3.01. The quantitative estimate of drug-likeness (QED) is 0.759. The molecule has 0 aliphatic carbocycles. The van der Waals surface area contributed by atoms with Crippen LogP contribution in [0.2, 0.25) is 0 Å². The Balaban J connectivity index is 2.35. The molecule has 0 saturated carbocycles. The summed E-state index contributed by atoms with van der Waals surface area (Å²) in [5.74, 6) is 2.20. The van der Waals surface area contributed by atoms with Crippen LogP contribution in [0.3, 0.4) is 0 Å². The first-order valence-corrected chi connectivity index (χ1v) is 6.09. The molecule has 0 spiro atoms. The van der Waals surface area contributed by atoms with Gasteiger partial charge in [-0.15, -0.1) is 5.10 Å². The fraction of sp³-hybridized carbons (Fsp3) is 0.214. The first-order chi connectivity index (χ1) is 9.19. The molecule has 0 atom stereocenters. The number of hydrogen-bond donors (Lipinski definition) is 1. The van der Waals surface area contributed by atoms with E-state index in [2.05, 4.69) is 15.1 Å². The predicted octanol–water partition coefficient (Wildman–Crippen LogP) is 1.92. The number of hydrogen-bond acceptors (Lipinski definition) is 4. The van der Waals surface area contributed by atoms with E-state index >= 15 is 0 Å². The summed E-state index contributed by atoms with van der Waals surface area (Å²) in [5, 5.41) is 15.7. The van der Waals surface area contributed by atoms with E-state index in [4.69, 9.17) is 0 Å². The Bertz CT molecular complexity index is 748. The Labute approximate surface area is 110 Å². The highest BCUT2D eigenvalue weighted by molar-refractivity contribution is 5.88. The van der Waals surface area contributed by atoms with Crippen LogP contribution < -0.4 is 0 Å². The second-order valence-corrected chi connectivity index (χ2v) is 4.43. The number of aliphatic hydroxyl groups excluding tert-OH is 1. The largest absolute Gasteiger partial charge is 0.390 e. The van der Waals surface area contributed by atoms with E-state index in [-0.39, 0.29) is 6.61 Å². The monoisotopic (exact) mass is 254 g/mol. The van der Waals surface area contributed by atoms with Crippen LogP contribution in [0.4, 0.5) is 0 Å². The van der Waals surface area contributed by atoms with Crippen LogP contribution in [0.1, 0.15) is 17.3 Å². The highest BCUT2D eigenvalue weighted by Crippen LogP contribution is 2.22. The Morgan fingerprint density at radius 2 is 1.95 bits per heavy atom. The van der Waals surface area contributed by atoms with Gasteiger partial charge < -0.3 is 5.11 Å². The van der Waals surface area contributed by atoms with Crippen molar-refractivity contribution in [1.82, 2.24) is 19.7 Å². The van der Waals surface area contributed by atoms with E-state index < -0.39 is 0 Å². The van der Waals surface area contributed by atoms with Crippen molar-refractivity contribution in [1.29, 1.82) is 0 Å². The van der Waals surface area contributed by atoms with E-state index in [1.807, 2.05) is 44.2 Å². The molecule has 0 aliphatic rings. The summed E-state index contributed by atoms with van der Waals surface area (Å²) in [7, 11) is 0. The van der Waals surface area contributed by atoms with E-state index in [1.165, 1.54) is 0 Å². The molecule has 3 rings (SSSR count). The first kappa shape index (κ1) is 11.8. The molecule has 0 saturated heterocycles. The number of benzene rings is 1. The van der Waals surface area contributed by atoms with Crippen molar-refractivity contribution in [3.63, 3.8) is 0 Å². The van der Waals surface area contributed by atoms with Gasteiger partial charge in [0.25, 0.3) is 0 Å². The summed E-state index contributed by atoms with van der Waals surface area (Å²) in [6.45, 7) is 3.65. The zero-order valence-electron chi connectivity index (χ0n) is 10.8. The van der Waals surface area contributed by atoms with Crippen LogP contribution >= 0.6 is 0 Å². The predicted molar refractivity (Wildman–Crippen MR) is 72.1 cm³/mol. The molecule has 3 aromatic rings. The zero-order valence-corrected chi connectivity index (χ0v) is 10.8. The second kappa shape index (κ2) is 4.44. The molecule has 0 fully saturated rings. The van der Waals surface area contributed by atoms with Gasteiger partial charge in [0.05, 0.1) is 12.3 Å². The molecule has 2 aromatic heterocycles. The van der Waals surface area contributed by atoms with Gasteiger partial charge in [-0.05, 0) is 25.3 Å². The molecule has 5 heteroatoms. The lowest BCUT2D eigenvalue weighted by Gasteiger charge is -2.08. The van der Waals surface area contributed by atoms with Crippen molar-refractivity contribution in [2.75, 3.05) is 0 Å². The molecule has 0 bridgehead atoms. The fourth-order valence-corrected chi connectivity index (χ4v) is 2.20. The summed E-state index contributed by atoms with van der Waals surface area (Å²) >= 11 is 0. The molecule has 96 valence electrons. The van der Waals surface area contributed by atoms with E-state index in [0.717, 1.165) is 16.6 Å². The number of aromatic nitrogens is 4. The lowest BCUT2D eigenvalue weighted by Crippen LogP contribution is -2.05. The molecule has 1 N–H and O–H groups in total. The Kier molecular flexibility index (Phi) is 2.76. The van der Waals surface area contributed by atoms with Crippen LogP contribution in [0, 0.1) is 13.8 Å². The van der Waals surface area contributed by atoms with Crippen molar-refractivity contribution in [2.45, 2.75) is 20.5 Å². The normalized spacial score (nSPS) is 11.1. The van der Waals surface area contributed by atoms with E-state index in [0.29, 0.717) is 17.3 Å². The van der Waals surface area contributed by atoms with Crippen LogP contribution in [0.15, 0.2) is 30.3 Å². The lowest BCUT2D eigenvalue weighted by molar-refractivity contribution is 0.277. The van der Waals surface area contributed by atoms with Crippen molar-refractivity contribution in [2.24, 2.45) is 0 Å². The van der Waals surface area contributed by atoms with Crippen LogP contribution in [-0.2, 0) is 6.61 Å². The molecule has 0 unspecified atom stereocenters. The number of nitrogens with zero attached hydrogens (tertiary/aromatic N) is 4. The summed E-state index contributed by atoms with van der Waals surface area (Å²) in [4.78, 5) is 8.77. The van der Waals surface area contributed by atoms with Gasteiger partial charge in [-0.1, -0.05) is 24.3 Å². The Hall–Kier alpha value is -2.27. The molecular formula is C14H14N4O. The number of rotatable bonds is 2. The maximum atomic E-state index is 9.34. The van der Waals surface area contributed by atoms with Crippen LogP contribution in [-0.4, -0.2) is 24.9 Å². The summed E-state index contributed by atoms with van der Waals surface area (Å²) in [6, 6.07) is 9.81. The summed E-state index contributed by atoms with van der Waals surface area (Å²) in [6.07, 6.45) is 0. The molecule has 0 aliphatic heterocycles. The average molecular weight is 254 g/mol. The molecular weight excluding hydrogens is 240 g/mol. The van der Waals surface area contributed by atoms with Crippen LogP contribution in [0.25, 0.3) is 16.6 Å². The van der Waals surface area contributed by atoms with Gasteiger partial charge >= 0.3 is 0 Å². The minimum absolute atomic E-state index is 0.0927. The summed E-state index contributed by atoms with van der Waals surface area (Å²) in [5.41, 5.74) is 0.626. The van der Waals surface area contributed by atoms with Gasteiger partial charge in [0.2, 0.25) is 0 Å². The highest BCUT2D eigenvalue weighted by atomic mass is 16.3. The topological polar surface area (TPSA) is 63.8 Å². The van der Waals surface area contributed by atoms with Gasteiger partial charge in [-0.2, -0.15) is 4.68 Å². The zero-order chi connectivity index (χ0) is 13.4. The lowest BCUT2D eigenvalue weighted by atomic mass is 10.1. The molecule has 1 aromatic carbocycles. The number of pyridine rings is 1. The fourth-order valence-electron chi connectivity index (χ4n) is 2.20. The minimum Gasteiger partial charge on any atom is -0.390 e. The van der Waals surface area contributed by atoms with Gasteiger partial charge in [0, 0.05) is 5.39 Å². The summed E-state index contributed by atoms with van der Waals surface area (Å²) < 4.78 is 1.72. The number of fused-ring (bicyclic) bond motifs is 1. The molecule has 19 heavy (non-hydrogen) atoms. The smallest absolute Gasteiger partial charge is 0.163 e. The van der Waals surface area contributed by atoms with E-state index in [1.54, 1.807) is 4.68 Å². The number of aryl methyl sites for hydroxylation is 2. The second-order valence-electron chi connectivity index (χ2n) is 4.43. The third-order valence-electron chi connectivity index (χ3n) is 3.01. The van der Waals surface area contributed by atoms with Gasteiger partial charge in [0.1, 0.15) is 11.6 Å². The molecule has 2 heterocycles. The molecule has 0 radical (unpaired) electrons. The Morgan fingerprint density at radius 3 is 2.63 bits per heavy atom. The van der Waals surface area contributed by atoms with Crippen molar-refractivity contribution in [3.05, 3.63) is 47.7 Å². The highest BCUT2D eigenvalue weighted by Gasteiger charge is 2.11. The average Bonchev–Trinajstić information content (AvgIpc) is 2.76. The van der Waals surface area contributed by atoms with Crippen molar-refractivity contribution < 1.29 is 5.11 Å². The van der Waals surface area contributed by atoms with Gasteiger partial charge in [0.15, 0.2) is 5.82 Å². The van der Waals surface area contributed by atoms with Crippen molar-refractivity contribution in [3.8, 4) is 5.82 Å². The number of aliphatic hydroxyl groups is 1. The Morgan fingerprint density at radius 1 is 1.16 bits per heavy atom. The van der Waals surface area contributed by atoms with E-state index in [9.17, 15) is 5.11 Å². The molecule has 5 nitrogen and oxygen atoms in total. The molecule has 0 amide bonds. The van der Waals surface area contributed by atoms with Gasteiger partial charge in [-0.25, -0.2) is 9.97 Å². The van der Waals surface area contributed by atoms with Crippen LogP contribution in [0.5, 0.6) is 0 Å². The maximum Gasteiger partial charge on any atom is 0.163 e. The standard InChI is InChI=1S/C14H14N4O/c1-9-15-10(2)18(17-9)14-13-6-4-3-5-11(13)7-12(8-19)16-14/h3-7,19H,8H2,1-2H3. The SMILES string of the molecule is Cc1nc(C)n(-c2nc(CO)cc3ccccc23)n1. The van der Waals surface area contributed by atoms with Crippen molar-refractivity contribution >= 4 is 10.8 Å². The van der Waals surface area contributed by atoms with Gasteiger partial charge in [-0.3, -0.25) is 0 Å². The third kappa shape index (κ3) is 1.98. The minimum atomic E-state index is -0.0927.